The molecule has 2 heterocycles. The molecule has 1 saturated heterocycles. The minimum absolute atomic E-state index is 0.241. The van der Waals surface area contributed by atoms with Gasteiger partial charge in [0.05, 0.1) is 12.4 Å². The third-order valence-electron chi connectivity index (χ3n) is 3.78. The lowest BCUT2D eigenvalue weighted by molar-refractivity contribution is -0.127. The summed E-state index contributed by atoms with van der Waals surface area (Å²) in [4.78, 5) is 33.6. The fourth-order valence-corrected chi connectivity index (χ4v) is 2.56. The van der Waals surface area contributed by atoms with E-state index in [4.69, 9.17) is 0 Å². The number of carbonyl (C=O) groups is 2. The van der Waals surface area contributed by atoms with Crippen molar-refractivity contribution in [1.82, 2.24) is 9.97 Å². The van der Waals surface area contributed by atoms with Crippen LogP contribution in [0.15, 0.2) is 36.7 Å². The average molecular weight is 329 g/mol. The van der Waals surface area contributed by atoms with Crippen molar-refractivity contribution in [3.63, 3.8) is 0 Å². The number of amides is 1. The van der Waals surface area contributed by atoms with Gasteiger partial charge in [0.2, 0.25) is 12.2 Å². The summed E-state index contributed by atoms with van der Waals surface area (Å²) in [6.45, 7) is 3.02. The Morgan fingerprint density at radius 1 is 1.04 bits per heavy atom. The zero-order valence-corrected chi connectivity index (χ0v) is 12.9. The number of halogens is 1. The van der Waals surface area contributed by atoms with Gasteiger partial charge < -0.3 is 15.1 Å². The van der Waals surface area contributed by atoms with Crippen molar-refractivity contribution < 1.29 is 14.0 Å². The van der Waals surface area contributed by atoms with E-state index in [1.165, 1.54) is 12.4 Å². The molecule has 0 spiro atoms. The van der Waals surface area contributed by atoms with Crippen molar-refractivity contribution in [2.45, 2.75) is 0 Å². The van der Waals surface area contributed by atoms with E-state index in [-0.39, 0.29) is 6.29 Å². The monoisotopic (exact) mass is 329 g/mol. The third kappa shape index (κ3) is 3.65. The molecule has 1 aromatic carbocycles. The first-order chi connectivity index (χ1) is 11.7. The van der Waals surface area contributed by atoms with Crippen molar-refractivity contribution in [2.24, 2.45) is 0 Å². The van der Waals surface area contributed by atoms with Crippen LogP contribution in [0.4, 0.5) is 21.7 Å². The van der Waals surface area contributed by atoms with Crippen molar-refractivity contribution >= 4 is 29.5 Å². The first-order valence-electron chi connectivity index (χ1n) is 7.49. The number of benzene rings is 1. The smallest absolute Gasteiger partial charge is 0.288 e. The van der Waals surface area contributed by atoms with E-state index in [2.05, 4.69) is 20.2 Å². The SMILES string of the molecule is O=CC(=O)Nc1ccc(N2CCN(c3ncc(F)cn3)CC2)cc1. The number of aldehydes is 1. The highest BCUT2D eigenvalue weighted by Gasteiger charge is 2.19. The predicted octanol–water partition coefficient (Wildman–Crippen LogP) is 1.08. The number of carbonyl (C=O) groups excluding carboxylic acids is 2. The van der Waals surface area contributed by atoms with Crippen LogP contribution in [0.5, 0.6) is 0 Å². The van der Waals surface area contributed by atoms with Crippen LogP contribution < -0.4 is 15.1 Å². The fourth-order valence-electron chi connectivity index (χ4n) is 2.56. The summed E-state index contributed by atoms with van der Waals surface area (Å²) in [5, 5.41) is 2.47. The molecule has 0 radical (unpaired) electrons. The maximum Gasteiger partial charge on any atom is 0.288 e. The van der Waals surface area contributed by atoms with Crippen LogP contribution in [0, 0.1) is 5.82 Å². The third-order valence-corrected chi connectivity index (χ3v) is 3.78. The lowest BCUT2D eigenvalue weighted by Crippen LogP contribution is -2.47. The summed E-state index contributed by atoms with van der Waals surface area (Å²) < 4.78 is 12.9. The molecule has 0 aliphatic carbocycles. The van der Waals surface area contributed by atoms with Gasteiger partial charge in [0.1, 0.15) is 0 Å². The van der Waals surface area contributed by atoms with Crippen LogP contribution in [0.2, 0.25) is 0 Å². The Bertz CT molecular complexity index is 712. The van der Waals surface area contributed by atoms with Crippen LogP contribution in [0.3, 0.4) is 0 Å². The van der Waals surface area contributed by atoms with Crippen molar-refractivity contribution in [2.75, 3.05) is 41.3 Å². The molecule has 124 valence electrons. The minimum atomic E-state index is -0.671. The normalized spacial score (nSPS) is 14.4. The van der Waals surface area contributed by atoms with E-state index in [0.29, 0.717) is 11.6 Å². The largest absolute Gasteiger partial charge is 0.368 e. The van der Waals surface area contributed by atoms with Crippen molar-refractivity contribution in [1.29, 1.82) is 0 Å². The Hall–Kier alpha value is -3.03. The molecule has 2 aromatic rings. The highest BCUT2D eigenvalue weighted by Crippen LogP contribution is 2.20. The zero-order valence-electron chi connectivity index (χ0n) is 12.9. The Kier molecular flexibility index (Phi) is 4.64. The first-order valence-corrected chi connectivity index (χ1v) is 7.49. The average Bonchev–Trinajstić information content (AvgIpc) is 2.63. The van der Waals surface area contributed by atoms with E-state index in [0.717, 1.165) is 31.9 Å². The van der Waals surface area contributed by atoms with E-state index in [1.807, 2.05) is 17.0 Å². The Labute approximate surface area is 138 Å². The molecule has 1 fully saturated rings. The topological polar surface area (TPSA) is 78.4 Å². The summed E-state index contributed by atoms with van der Waals surface area (Å²) in [5.41, 5.74) is 1.60. The molecule has 8 heteroatoms. The summed E-state index contributed by atoms with van der Waals surface area (Å²) in [6, 6.07) is 7.30. The molecule has 1 aliphatic heterocycles. The van der Waals surface area contributed by atoms with Crippen molar-refractivity contribution in [3.05, 3.63) is 42.5 Å². The molecule has 1 N–H and O–H groups in total. The van der Waals surface area contributed by atoms with Crippen LogP contribution in [-0.4, -0.2) is 48.3 Å². The van der Waals surface area contributed by atoms with E-state index < -0.39 is 11.7 Å². The number of anilines is 3. The van der Waals surface area contributed by atoms with Crippen LogP contribution in [-0.2, 0) is 9.59 Å². The number of hydrogen-bond acceptors (Lipinski definition) is 6. The summed E-state index contributed by atoms with van der Waals surface area (Å²) in [7, 11) is 0. The number of hydrogen-bond donors (Lipinski definition) is 1. The Morgan fingerprint density at radius 2 is 1.62 bits per heavy atom. The van der Waals surface area contributed by atoms with Gasteiger partial charge >= 0.3 is 0 Å². The van der Waals surface area contributed by atoms with Gasteiger partial charge in [0.15, 0.2) is 5.82 Å². The standard InChI is InChI=1S/C16H16FN5O2/c17-12-9-18-16(19-10-12)22-7-5-21(6-8-22)14-3-1-13(2-4-14)20-15(24)11-23/h1-4,9-11H,5-8H2,(H,20,24). The van der Waals surface area contributed by atoms with Gasteiger partial charge in [-0.05, 0) is 24.3 Å². The lowest BCUT2D eigenvalue weighted by Gasteiger charge is -2.36. The van der Waals surface area contributed by atoms with Gasteiger partial charge in [-0.2, -0.15) is 0 Å². The summed E-state index contributed by atoms with van der Waals surface area (Å²) >= 11 is 0. The molecule has 0 saturated carbocycles. The van der Waals surface area contributed by atoms with Gasteiger partial charge in [0.25, 0.3) is 5.91 Å². The van der Waals surface area contributed by atoms with Gasteiger partial charge in [-0.3, -0.25) is 9.59 Å². The summed E-state index contributed by atoms with van der Waals surface area (Å²) in [6.07, 6.45) is 2.58. The second-order valence-electron chi connectivity index (χ2n) is 5.33. The van der Waals surface area contributed by atoms with Gasteiger partial charge in [-0.15, -0.1) is 0 Å². The number of rotatable bonds is 4. The quantitative estimate of drug-likeness (QED) is 0.668. The number of nitrogens with zero attached hydrogens (tertiary/aromatic N) is 4. The number of piperazine rings is 1. The molecule has 0 bridgehead atoms. The molecule has 7 nitrogen and oxygen atoms in total. The van der Waals surface area contributed by atoms with Crippen LogP contribution in [0.25, 0.3) is 0 Å². The van der Waals surface area contributed by atoms with Gasteiger partial charge in [-0.25, -0.2) is 14.4 Å². The minimum Gasteiger partial charge on any atom is -0.368 e. The second-order valence-corrected chi connectivity index (χ2v) is 5.33. The Morgan fingerprint density at radius 3 is 2.21 bits per heavy atom. The highest BCUT2D eigenvalue weighted by molar-refractivity contribution is 6.29. The van der Waals surface area contributed by atoms with E-state index in [9.17, 15) is 14.0 Å². The molecule has 3 rings (SSSR count). The van der Waals surface area contributed by atoms with Crippen molar-refractivity contribution in [3.8, 4) is 0 Å². The molecule has 1 aliphatic rings. The molecular weight excluding hydrogens is 313 g/mol. The zero-order chi connectivity index (χ0) is 16.9. The maximum atomic E-state index is 12.9. The number of nitrogens with one attached hydrogen (secondary N) is 1. The molecular formula is C16H16FN5O2. The van der Waals surface area contributed by atoms with Crippen LogP contribution in [0.1, 0.15) is 0 Å². The fraction of sp³-hybridized carbons (Fsp3) is 0.250. The second kappa shape index (κ2) is 7.03. The number of aromatic nitrogens is 2. The van der Waals surface area contributed by atoms with E-state index in [1.54, 1.807) is 12.1 Å². The molecule has 24 heavy (non-hydrogen) atoms. The van der Waals surface area contributed by atoms with Gasteiger partial charge in [-0.1, -0.05) is 0 Å². The highest BCUT2D eigenvalue weighted by atomic mass is 19.1. The predicted molar refractivity (Wildman–Crippen MR) is 87.6 cm³/mol. The van der Waals surface area contributed by atoms with Gasteiger partial charge in [0, 0.05) is 37.6 Å². The molecule has 1 aromatic heterocycles. The maximum absolute atomic E-state index is 12.9. The Balaban J connectivity index is 1.59. The first kappa shape index (κ1) is 15.9. The van der Waals surface area contributed by atoms with E-state index >= 15 is 0 Å². The molecule has 0 atom stereocenters. The van der Waals surface area contributed by atoms with Crippen LogP contribution >= 0.6 is 0 Å². The lowest BCUT2D eigenvalue weighted by atomic mass is 10.2. The molecule has 0 unspecified atom stereocenters. The summed E-state index contributed by atoms with van der Waals surface area (Å²) in [5.74, 6) is -0.585. The molecule has 1 amide bonds.